The van der Waals surface area contributed by atoms with E-state index >= 15 is 0 Å². The lowest BCUT2D eigenvalue weighted by atomic mass is 10.2. The predicted octanol–water partition coefficient (Wildman–Crippen LogP) is 2.80. The average Bonchev–Trinajstić information content (AvgIpc) is 2.82. The van der Waals surface area contributed by atoms with Crippen molar-refractivity contribution in [1.82, 2.24) is 14.5 Å². The van der Waals surface area contributed by atoms with Crippen LogP contribution in [0.3, 0.4) is 0 Å². The molecule has 1 aromatic heterocycles. The number of fused-ring (bicyclic) bond motifs is 1. The molecule has 0 spiro atoms. The fourth-order valence-electron chi connectivity index (χ4n) is 2.27. The molecule has 2 aromatic rings. The van der Waals surface area contributed by atoms with Gasteiger partial charge < -0.3 is 4.57 Å². The molecule has 0 atom stereocenters. The van der Waals surface area contributed by atoms with Gasteiger partial charge in [0, 0.05) is 32.0 Å². The third kappa shape index (κ3) is 2.20. The Morgan fingerprint density at radius 1 is 1.33 bits per heavy atom. The van der Waals surface area contributed by atoms with Crippen molar-refractivity contribution < 1.29 is 4.39 Å². The van der Waals surface area contributed by atoms with E-state index in [1.807, 2.05) is 18.5 Å². The highest BCUT2D eigenvalue weighted by molar-refractivity contribution is 9.10. The summed E-state index contributed by atoms with van der Waals surface area (Å²) in [5, 5.41) is 0. The standard InChI is InChI=1S/C13H13BrFN3/c14-13-10(2-1-3-11(13)15)8-17-6-7-18-5-4-16-12(18)9-17/h1-5H,6-9H2. The van der Waals surface area contributed by atoms with Crippen molar-refractivity contribution >= 4 is 15.9 Å². The smallest absolute Gasteiger partial charge is 0.137 e. The molecule has 0 unspecified atom stereocenters. The first kappa shape index (κ1) is 11.9. The fourth-order valence-corrected chi connectivity index (χ4v) is 2.66. The first-order chi connectivity index (χ1) is 8.74. The van der Waals surface area contributed by atoms with Gasteiger partial charge in [-0.15, -0.1) is 0 Å². The summed E-state index contributed by atoms with van der Waals surface area (Å²) in [4.78, 5) is 6.60. The quantitative estimate of drug-likeness (QED) is 0.850. The van der Waals surface area contributed by atoms with Gasteiger partial charge in [0.2, 0.25) is 0 Å². The first-order valence-electron chi connectivity index (χ1n) is 5.89. The van der Waals surface area contributed by atoms with Crippen molar-refractivity contribution in [3.05, 3.63) is 52.3 Å². The monoisotopic (exact) mass is 309 g/mol. The molecule has 1 aromatic carbocycles. The Hall–Kier alpha value is -1.20. The summed E-state index contributed by atoms with van der Waals surface area (Å²) in [6, 6.07) is 5.17. The van der Waals surface area contributed by atoms with Crippen LogP contribution in [-0.4, -0.2) is 21.0 Å². The van der Waals surface area contributed by atoms with E-state index in [1.165, 1.54) is 6.07 Å². The maximum Gasteiger partial charge on any atom is 0.137 e. The Morgan fingerprint density at radius 3 is 3.11 bits per heavy atom. The maximum atomic E-state index is 13.4. The summed E-state index contributed by atoms with van der Waals surface area (Å²) < 4.78 is 16.2. The van der Waals surface area contributed by atoms with Crippen LogP contribution >= 0.6 is 15.9 Å². The van der Waals surface area contributed by atoms with Crippen molar-refractivity contribution in [2.75, 3.05) is 6.54 Å². The van der Waals surface area contributed by atoms with Crippen molar-refractivity contribution in [3.63, 3.8) is 0 Å². The van der Waals surface area contributed by atoms with E-state index in [-0.39, 0.29) is 5.82 Å². The van der Waals surface area contributed by atoms with Gasteiger partial charge in [-0.1, -0.05) is 12.1 Å². The van der Waals surface area contributed by atoms with Gasteiger partial charge in [0.25, 0.3) is 0 Å². The Balaban J connectivity index is 1.77. The fraction of sp³-hybridized carbons (Fsp3) is 0.308. The first-order valence-corrected chi connectivity index (χ1v) is 6.68. The molecule has 3 rings (SSSR count). The SMILES string of the molecule is Fc1cccc(CN2CCn3ccnc3C2)c1Br. The molecule has 2 heterocycles. The Morgan fingerprint density at radius 2 is 2.22 bits per heavy atom. The van der Waals surface area contributed by atoms with Gasteiger partial charge in [-0.05, 0) is 27.6 Å². The molecular formula is C13H13BrFN3. The largest absolute Gasteiger partial charge is 0.333 e. The second-order valence-electron chi connectivity index (χ2n) is 4.46. The molecule has 0 radical (unpaired) electrons. The van der Waals surface area contributed by atoms with E-state index in [1.54, 1.807) is 6.07 Å². The van der Waals surface area contributed by atoms with Crippen LogP contribution in [0.4, 0.5) is 4.39 Å². The number of rotatable bonds is 2. The van der Waals surface area contributed by atoms with Crippen LogP contribution in [0.25, 0.3) is 0 Å². The number of hydrogen-bond donors (Lipinski definition) is 0. The molecule has 0 saturated heterocycles. The van der Waals surface area contributed by atoms with Gasteiger partial charge in [0.15, 0.2) is 0 Å². The van der Waals surface area contributed by atoms with Crippen LogP contribution in [-0.2, 0) is 19.6 Å². The second-order valence-corrected chi connectivity index (χ2v) is 5.25. The van der Waals surface area contributed by atoms with E-state index < -0.39 is 0 Å². The highest BCUT2D eigenvalue weighted by atomic mass is 79.9. The highest BCUT2D eigenvalue weighted by Gasteiger charge is 2.17. The number of aromatic nitrogens is 2. The minimum absolute atomic E-state index is 0.203. The molecule has 94 valence electrons. The topological polar surface area (TPSA) is 21.1 Å². The highest BCUT2D eigenvalue weighted by Crippen LogP contribution is 2.23. The summed E-state index contributed by atoms with van der Waals surface area (Å²) in [5.41, 5.74) is 0.981. The predicted molar refractivity (Wildman–Crippen MR) is 70.4 cm³/mol. The van der Waals surface area contributed by atoms with Crippen LogP contribution < -0.4 is 0 Å². The van der Waals surface area contributed by atoms with Crippen LogP contribution in [0.15, 0.2) is 35.1 Å². The Labute approximate surface area is 113 Å². The van der Waals surface area contributed by atoms with Gasteiger partial charge in [0.1, 0.15) is 11.6 Å². The summed E-state index contributed by atoms with van der Waals surface area (Å²) >= 11 is 3.31. The number of nitrogens with zero attached hydrogens (tertiary/aromatic N) is 3. The zero-order valence-corrected chi connectivity index (χ0v) is 11.4. The molecule has 0 saturated carbocycles. The molecule has 18 heavy (non-hydrogen) atoms. The molecule has 0 aliphatic carbocycles. The molecule has 0 fully saturated rings. The Kier molecular flexibility index (Phi) is 3.18. The van der Waals surface area contributed by atoms with Crippen molar-refractivity contribution in [3.8, 4) is 0 Å². The Bertz CT molecular complexity index is 567. The summed E-state index contributed by atoms with van der Waals surface area (Å²) in [5.74, 6) is 0.875. The van der Waals surface area contributed by atoms with Crippen molar-refractivity contribution in [2.45, 2.75) is 19.6 Å². The van der Waals surface area contributed by atoms with Crippen LogP contribution in [0.2, 0.25) is 0 Å². The summed E-state index contributed by atoms with van der Waals surface area (Å²) in [6.07, 6.45) is 3.84. The number of imidazole rings is 1. The number of benzene rings is 1. The number of halogens is 2. The van der Waals surface area contributed by atoms with E-state index in [4.69, 9.17) is 0 Å². The summed E-state index contributed by atoms with van der Waals surface area (Å²) in [6.45, 7) is 3.47. The molecule has 0 amide bonds. The third-order valence-corrected chi connectivity index (χ3v) is 4.14. The van der Waals surface area contributed by atoms with Crippen LogP contribution in [0, 0.1) is 5.82 Å². The maximum absolute atomic E-state index is 13.4. The minimum Gasteiger partial charge on any atom is -0.333 e. The molecule has 3 nitrogen and oxygen atoms in total. The number of hydrogen-bond acceptors (Lipinski definition) is 2. The van der Waals surface area contributed by atoms with Crippen molar-refractivity contribution in [1.29, 1.82) is 0 Å². The van der Waals surface area contributed by atoms with Crippen molar-refractivity contribution in [2.24, 2.45) is 0 Å². The van der Waals surface area contributed by atoms with E-state index in [0.717, 1.165) is 37.6 Å². The summed E-state index contributed by atoms with van der Waals surface area (Å²) in [7, 11) is 0. The van der Waals surface area contributed by atoms with Crippen LogP contribution in [0.1, 0.15) is 11.4 Å². The lowest BCUT2D eigenvalue weighted by Crippen LogP contribution is -2.33. The third-order valence-electron chi connectivity index (χ3n) is 3.25. The van der Waals surface area contributed by atoms with Crippen LogP contribution in [0.5, 0.6) is 0 Å². The molecule has 0 bridgehead atoms. The second kappa shape index (κ2) is 4.82. The lowest BCUT2D eigenvalue weighted by Gasteiger charge is -2.27. The van der Waals surface area contributed by atoms with E-state index in [0.29, 0.717) is 4.47 Å². The normalized spacial score (nSPS) is 15.7. The average molecular weight is 310 g/mol. The molecule has 1 aliphatic heterocycles. The van der Waals surface area contributed by atoms with E-state index in [2.05, 4.69) is 30.4 Å². The molecule has 5 heteroatoms. The zero-order valence-electron chi connectivity index (χ0n) is 9.81. The molecule has 0 N–H and O–H groups in total. The molecular weight excluding hydrogens is 297 g/mol. The zero-order chi connectivity index (χ0) is 12.5. The van der Waals surface area contributed by atoms with Gasteiger partial charge in [-0.2, -0.15) is 0 Å². The van der Waals surface area contributed by atoms with Gasteiger partial charge in [-0.25, -0.2) is 9.37 Å². The van der Waals surface area contributed by atoms with Gasteiger partial charge >= 0.3 is 0 Å². The molecule has 1 aliphatic rings. The minimum atomic E-state index is -0.203. The van der Waals surface area contributed by atoms with Gasteiger partial charge in [0.05, 0.1) is 11.0 Å². The lowest BCUT2D eigenvalue weighted by molar-refractivity contribution is 0.208. The van der Waals surface area contributed by atoms with Gasteiger partial charge in [-0.3, -0.25) is 4.90 Å². The van der Waals surface area contributed by atoms with E-state index in [9.17, 15) is 4.39 Å².